The first-order valence-corrected chi connectivity index (χ1v) is 11.3. The topological polar surface area (TPSA) is 120 Å². The molecule has 1 aromatic heterocycles. The van der Waals surface area contributed by atoms with E-state index in [1.54, 1.807) is 4.90 Å². The molecule has 0 atom stereocenters. The quantitative estimate of drug-likeness (QED) is 0.594. The van der Waals surface area contributed by atoms with Crippen LogP contribution in [-0.2, 0) is 14.8 Å². The number of carbonyl (C=O) groups is 2. The van der Waals surface area contributed by atoms with Gasteiger partial charge in [0.1, 0.15) is 10.7 Å². The number of urea groups is 1. The lowest BCUT2D eigenvalue weighted by Gasteiger charge is -2.32. The number of carbonyl (C=O) groups excluding carboxylic acids is 2. The molecule has 3 N–H and O–H groups in total. The van der Waals surface area contributed by atoms with Gasteiger partial charge in [0, 0.05) is 50.2 Å². The van der Waals surface area contributed by atoms with Crippen LogP contribution in [0.25, 0.3) is 0 Å². The van der Waals surface area contributed by atoms with Gasteiger partial charge in [-0.3, -0.25) is 9.78 Å². The average molecular weight is 450 g/mol. The summed E-state index contributed by atoms with van der Waals surface area (Å²) in [6, 6.07) is 7.94. The van der Waals surface area contributed by atoms with E-state index in [2.05, 4.69) is 20.3 Å². The van der Waals surface area contributed by atoms with Gasteiger partial charge in [-0.2, -0.15) is 0 Å². The number of pyridine rings is 1. The van der Waals surface area contributed by atoms with Gasteiger partial charge in [-0.1, -0.05) is 0 Å². The summed E-state index contributed by atoms with van der Waals surface area (Å²) in [6.07, 6.45) is 3.94. The zero-order valence-corrected chi connectivity index (χ0v) is 17.6. The number of aromatic nitrogens is 1. The Morgan fingerprint density at radius 1 is 1.13 bits per heavy atom. The molecule has 1 saturated heterocycles. The Balaban J connectivity index is 1.37. The Hall–Kier alpha value is -3.05. The SMILES string of the molecule is O=C(Nc1ccc(F)cc1)NC1CCN(C(=O)CCNS(=O)(=O)c2cccnc2)CC1. The number of hydrogen-bond donors (Lipinski definition) is 3. The second-order valence-corrected chi connectivity index (χ2v) is 8.86. The Morgan fingerprint density at radius 3 is 2.48 bits per heavy atom. The number of amides is 3. The molecule has 166 valence electrons. The zero-order chi connectivity index (χ0) is 22.3. The van der Waals surface area contributed by atoms with E-state index >= 15 is 0 Å². The van der Waals surface area contributed by atoms with Crippen LogP contribution in [0.4, 0.5) is 14.9 Å². The highest BCUT2D eigenvalue weighted by Gasteiger charge is 2.24. The number of rotatable bonds is 7. The minimum atomic E-state index is -3.70. The maximum atomic E-state index is 12.9. The number of hydrogen-bond acceptors (Lipinski definition) is 5. The first kappa shape index (κ1) is 22.6. The molecule has 2 heterocycles. The predicted octanol–water partition coefficient (Wildman–Crippen LogP) is 1.70. The number of halogens is 1. The van der Waals surface area contributed by atoms with Crippen molar-refractivity contribution in [3.05, 3.63) is 54.6 Å². The minimum absolute atomic E-state index is 0.00564. The molecule has 11 heteroatoms. The third-order valence-corrected chi connectivity index (χ3v) is 6.31. The van der Waals surface area contributed by atoms with Crippen molar-refractivity contribution < 1.29 is 22.4 Å². The van der Waals surface area contributed by atoms with Crippen molar-refractivity contribution in [2.75, 3.05) is 25.0 Å². The van der Waals surface area contributed by atoms with E-state index in [4.69, 9.17) is 0 Å². The second kappa shape index (κ2) is 10.3. The molecule has 0 unspecified atom stereocenters. The van der Waals surface area contributed by atoms with Crippen molar-refractivity contribution in [1.29, 1.82) is 0 Å². The molecule has 0 radical (unpaired) electrons. The molecule has 1 aliphatic rings. The van der Waals surface area contributed by atoms with E-state index in [1.807, 2.05) is 0 Å². The Bertz CT molecular complexity index is 994. The molecular weight excluding hydrogens is 425 g/mol. The standard InChI is InChI=1S/C20H24FN5O4S/c21-15-3-5-16(6-4-15)24-20(28)25-17-8-12-26(13-9-17)19(27)7-11-23-31(29,30)18-2-1-10-22-14-18/h1-6,10,14,17,23H,7-9,11-13H2,(H2,24,25,28). The van der Waals surface area contributed by atoms with Crippen molar-refractivity contribution in [3.8, 4) is 0 Å². The molecule has 1 aliphatic heterocycles. The van der Waals surface area contributed by atoms with Crippen molar-refractivity contribution in [2.45, 2.75) is 30.2 Å². The lowest BCUT2D eigenvalue weighted by Crippen LogP contribution is -2.48. The van der Waals surface area contributed by atoms with Gasteiger partial charge in [0.15, 0.2) is 0 Å². The van der Waals surface area contributed by atoms with Crippen LogP contribution in [0.5, 0.6) is 0 Å². The Morgan fingerprint density at radius 2 is 1.84 bits per heavy atom. The molecule has 0 saturated carbocycles. The molecule has 3 rings (SSSR count). The van der Waals surface area contributed by atoms with Crippen LogP contribution in [0, 0.1) is 5.82 Å². The maximum absolute atomic E-state index is 12.9. The summed E-state index contributed by atoms with van der Waals surface area (Å²) in [7, 11) is -3.70. The molecule has 0 bridgehead atoms. The fourth-order valence-corrected chi connectivity index (χ4v) is 4.19. The summed E-state index contributed by atoms with van der Waals surface area (Å²) in [4.78, 5) is 29.9. The Kier molecular flexibility index (Phi) is 7.53. The van der Waals surface area contributed by atoms with Gasteiger partial charge in [-0.25, -0.2) is 22.3 Å². The Labute approximate surface area is 180 Å². The van der Waals surface area contributed by atoms with E-state index in [9.17, 15) is 22.4 Å². The van der Waals surface area contributed by atoms with Crippen LogP contribution in [-0.4, -0.2) is 55.9 Å². The maximum Gasteiger partial charge on any atom is 0.319 e. The molecule has 1 fully saturated rings. The van der Waals surface area contributed by atoms with Crippen LogP contribution in [0.1, 0.15) is 19.3 Å². The summed E-state index contributed by atoms with van der Waals surface area (Å²) < 4.78 is 39.6. The number of piperidine rings is 1. The highest BCUT2D eigenvalue weighted by Crippen LogP contribution is 2.13. The van der Waals surface area contributed by atoms with Crippen molar-refractivity contribution in [1.82, 2.24) is 19.9 Å². The largest absolute Gasteiger partial charge is 0.343 e. The van der Waals surface area contributed by atoms with Gasteiger partial charge in [0.2, 0.25) is 15.9 Å². The number of nitrogens with one attached hydrogen (secondary N) is 3. The molecule has 2 aromatic rings. The summed E-state index contributed by atoms with van der Waals surface area (Å²) in [5.74, 6) is -0.532. The zero-order valence-electron chi connectivity index (χ0n) is 16.8. The minimum Gasteiger partial charge on any atom is -0.343 e. The predicted molar refractivity (Wildman–Crippen MR) is 112 cm³/mol. The molecule has 3 amide bonds. The molecule has 1 aromatic carbocycles. The van der Waals surface area contributed by atoms with Gasteiger partial charge in [-0.15, -0.1) is 0 Å². The van der Waals surface area contributed by atoms with E-state index in [1.165, 1.54) is 48.8 Å². The fourth-order valence-electron chi connectivity index (χ4n) is 3.20. The van der Waals surface area contributed by atoms with Gasteiger partial charge >= 0.3 is 6.03 Å². The summed E-state index contributed by atoms with van der Waals surface area (Å²) in [5.41, 5.74) is 0.486. The van der Waals surface area contributed by atoms with Crippen molar-refractivity contribution >= 4 is 27.6 Å². The second-order valence-electron chi connectivity index (χ2n) is 7.10. The van der Waals surface area contributed by atoms with Crippen LogP contribution in [0.3, 0.4) is 0 Å². The van der Waals surface area contributed by atoms with Crippen LogP contribution < -0.4 is 15.4 Å². The molecule has 31 heavy (non-hydrogen) atoms. The van der Waals surface area contributed by atoms with E-state index in [0.29, 0.717) is 31.6 Å². The van der Waals surface area contributed by atoms with E-state index < -0.39 is 10.0 Å². The fraction of sp³-hybridized carbons (Fsp3) is 0.350. The van der Waals surface area contributed by atoms with Crippen LogP contribution >= 0.6 is 0 Å². The summed E-state index contributed by atoms with van der Waals surface area (Å²) >= 11 is 0. The number of benzene rings is 1. The third-order valence-electron chi connectivity index (χ3n) is 4.86. The number of nitrogens with zero attached hydrogens (tertiary/aromatic N) is 2. The highest BCUT2D eigenvalue weighted by atomic mass is 32.2. The first-order valence-electron chi connectivity index (χ1n) is 9.84. The molecule has 9 nitrogen and oxygen atoms in total. The summed E-state index contributed by atoms with van der Waals surface area (Å²) in [6.45, 7) is 0.930. The van der Waals surface area contributed by atoms with Gasteiger partial charge in [0.05, 0.1) is 0 Å². The number of likely N-dealkylation sites (tertiary alicyclic amines) is 1. The molecular formula is C20H24FN5O4S. The van der Waals surface area contributed by atoms with E-state index in [-0.39, 0.29) is 41.7 Å². The van der Waals surface area contributed by atoms with Crippen molar-refractivity contribution in [3.63, 3.8) is 0 Å². The smallest absolute Gasteiger partial charge is 0.319 e. The average Bonchev–Trinajstić information content (AvgIpc) is 2.76. The van der Waals surface area contributed by atoms with Gasteiger partial charge in [-0.05, 0) is 49.2 Å². The molecule has 0 aliphatic carbocycles. The lowest BCUT2D eigenvalue weighted by atomic mass is 10.0. The van der Waals surface area contributed by atoms with E-state index in [0.717, 1.165) is 0 Å². The normalized spacial score (nSPS) is 14.8. The number of sulfonamides is 1. The highest BCUT2D eigenvalue weighted by molar-refractivity contribution is 7.89. The monoisotopic (exact) mass is 449 g/mol. The van der Waals surface area contributed by atoms with Crippen molar-refractivity contribution in [2.24, 2.45) is 0 Å². The number of anilines is 1. The van der Waals surface area contributed by atoms with Gasteiger partial charge in [0.25, 0.3) is 0 Å². The van der Waals surface area contributed by atoms with Crippen LogP contribution in [0.2, 0.25) is 0 Å². The lowest BCUT2D eigenvalue weighted by molar-refractivity contribution is -0.132. The summed E-state index contributed by atoms with van der Waals surface area (Å²) in [5, 5.41) is 5.48. The molecule has 0 spiro atoms. The first-order chi connectivity index (χ1) is 14.8. The van der Waals surface area contributed by atoms with Gasteiger partial charge < -0.3 is 15.5 Å². The third kappa shape index (κ3) is 6.72. The van der Waals surface area contributed by atoms with Crippen LogP contribution in [0.15, 0.2) is 53.7 Å².